The smallest absolute Gasteiger partial charge is 0.412 e. The van der Waals surface area contributed by atoms with E-state index in [0.717, 1.165) is 11.1 Å². The summed E-state index contributed by atoms with van der Waals surface area (Å²) in [7, 11) is 0. The van der Waals surface area contributed by atoms with Gasteiger partial charge in [0.05, 0.1) is 18.5 Å². The molecule has 5 N–H and O–H groups in total. The number of ether oxygens (including phenoxy) is 2. The van der Waals surface area contributed by atoms with Crippen LogP contribution < -0.4 is 15.8 Å². The van der Waals surface area contributed by atoms with Crippen LogP contribution in [-0.2, 0) is 11.3 Å². The molecule has 0 aliphatic heterocycles. The average molecular weight is 410 g/mol. The van der Waals surface area contributed by atoms with Gasteiger partial charge in [-0.2, -0.15) is 5.10 Å². The Bertz CT molecular complexity index is 1000. The summed E-state index contributed by atoms with van der Waals surface area (Å²) < 4.78 is 10.9. The Balaban J connectivity index is 1.68. The number of carbonyl (C=O) groups excluding carboxylic acids is 2. The van der Waals surface area contributed by atoms with Crippen molar-refractivity contribution in [2.45, 2.75) is 13.0 Å². The lowest BCUT2D eigenvalue weighted by atomic mass is 10.1. The van der Waals surface area contributed by atoms with Gasteiger partial charge in [-0.1, -0.05) is 18.2 Å². The molecular formula is C21H22N4O5. The third-order valence-electron chi connectivity index (χ3n) is 4.19. The van der Waals surface area contributed by atoms with Gasteiger partial charge >= 0.3 is 6.09 Å². The van der Waals surface area contributed by atoms with Crippen molar-refractivity contribution in [2.24, 2.45) is 5.73 Å². The average Bonchev–Trinajstić information content (AvgIpc) is 3.28. The number of aliphatic hydroxyl groups is 1. The predicted molar refractivity (Wildman–Crippen MR) is 110 cm³/mol. The van der Waals surface area contributed by atoms with E-state index in [9.17, 15) is 9.59 Å². The minimum atomic E-state index is -0.678. The van der Waals surface area contributed by atoms with Gasteiger partial charge in [0.15, 0.2) is 0 Å². The van der Waals surface area contributed by atoms with E-state index >= 15 is 0 Å². The number of amides is 2. The first kappa shape index (κ1) is 20.9. The third-order valence-corrected chi connectivity index (χ3v) is 4.19. The molecule has 3 aromatic rings. The number of primary amides is 1. The number of nitrogens with one attached hydrogen (secondary N) is 2. The van der Waals surface area contributed by atoms with Crippen LogP contribution in [0.25, 0.3) is 11.1 Å². The molecular weight excluding hydrogens is 388 g/mol. The molecule has 0 aliphatic carbocycles. The summed E-state index contributed by atoms with van der Waals surface area (Å²) in [5, 5.41) is 18.3. The largest absolute Gasteiger partial charge is 0.491 e. The van der Waals surface area contributed by atoms with Crippen molar-refractivity contribution < 1.29 is 24.2 Å². The standard InChI is InChI=1S/C21H22N4O5/c22-20(27)16-4-1-3-14(9-16)13-30-21(28)25-18-6-5-15(17-11-23-24-12-17)10-19(18)29-8-2-7-26/h1,3-6,9-12,26H,2,7-8,13H2,(H2,22,27)(H,23,24)(H,25,28). The molecule has 0 spiro atoms. The first-order valence-corrected chi connectivity index (χ1v) is 9.26. The molecule has 1 aromatic heterocycles. The second-order valence-electron chi connectivity index (χ2n) is 6.39. The van der Waals surface area contributed by atoms with Gasteiger partial charge < -0.3 is 20.3 Å². The topological polar surface area (TPSA) is 140 Å². The Morgan fingerprint density at radius 3 is 2.77 bits per heavy atom. The summed E-state index contributed by atoms with van der Waals surface area (Å²) in [4.78, 5) is 23.5. The number of aromatic nitrogens is 2. The van der Waals surface area contributed by atoms with Gasteiger partial charge in [-0.3, -0.25) is 15.2 Å². The maximum atomic E-state index is 12.3. The number of carbonyl (C=O) groups is 2. The first-order chi connectivity index (χ1) is 14.6. The number of anilines is 1. The van der Waals surface area contributed by atoms with E-state index in [1.54, 1.807) is 48.8 Å². The van der Waals surface area contributed by atoms with Crippen molar-refractivity contribution in [2.75, 3.05) is 18.5 Å². The van der Waals surface area contributed by atoms with Crippen LogP contribution in [0.2, 0.25) is 0 Å². The molecule has 0 atom stereocenters. The van der Waals surface area contributed by atoms with Gasteiger partial charge in [-0.05, 0) is 35.4 Å². The minimum absolute atomic E-state index is 0.00338. The van der Waals surface area contributed by atoms with E-state index in [2.05, 4.69) is 15.5 Å². The van der Waals surface area contributed by atoms with Crippen molar-refractivity contribution in [1.29, 1.82) is 0 Å². The van der Waals surface area contributed by atoms with Crippen LogP contribution in [0.4, 0.5) is 10.5 Å². The van der Waals surface area contributed by atoms with Gasteiger partial charge in [-0.15, -0.1) is 0 Å². The molecule has 156 valence electrons. The summed E-state index contributed by atoms with van der Waals surface area (Å²) in [6, 6.07) is 11.8. The Kier molecular flexibility index (Phi) is 7.01. The first-order valence-electron chi connectivity index (χ1n) is 9.26. The molecule has 0 fully saturated rings. The molecule has 0 saturated heterocycles. The molecule has 2 amide bonds. The van der Waals surface area contributed by atoms with Crippen molar-refractivity contribution in [3.8, 4) is 16.9 Å². The number of hydrogen-bond donors (Lipinski definition) is 4. The van der Waals surface area contributed by atoms with Gasteiger partial charge in [0.1, 0.15) is 12.4 Å². The molecule has 3 rings (SSSR count). The lowest BCUT2D eigenvalue weighted by Gasteiger charge is -2.14. The molecule has 0 radical (unpaired) electrons. The van der Waals surface area contributed by atoms with Crippen LogP contribution in [0, 0.1) is 0 Å². The maximum absolute atomic E-state index is 12.3. The second kappa shape index (κ2) is 10.1. The summed E-state index contributed by atoms with van der Waals surface area (Å²) in [6.07, 6.45) is 3.20. The lowest BCUT2D eigenvalue weighted by Crippen LogP contribution is -2.15. The zero-order chi connectivity index (χ0) is 21.3. The monoisotopic (exact) mass is 410 g/mol. The molecule has 9 nitrogen and oxygen atoms in total. The number of aromatic amines is 1. The summed E-state index contributed by atoms with van der Waals surface area (Å²) in [5.74, 6) is -0.112. The fourth-order valence-corrected chi connectivity index (χ4v) is 2.69. The minimum Gasteiger partial charge on any atom is -0.491 e. The summed E-state index contributed by atoms with van der Waals surface area (Å²) in [5.41, 5.74) is 8.38. The molecule has 9 heteroatoms. The number of H-pyrrole nitrogens is 1. The predicted octanol–water partition coefficient (Wildman–Crippen LogP) is 2.69. The maximum Gasteiger partial charge on any atom is 0.412 e. The Hall–Kier alpha value is -3.85. The number of nitrogens with two attached hydrogens (primary N) is 1. The molecule has 2 aromatic carbocycles. The Morgan fingerprint density at radius 1 is 1.17 bits per heavy atom. The Labute approximate surface area is 172 Å². The van der Waals surface area contributed by atoms with E-state index < -0.39 is 12.0 Å². The van der Waals surface area contributed by atoms with Gasteiger partial charge in [0, 0.05) is 30.4 Å². The highest BCUT2D eigenvalue weighted by Crippen LogP contribution is 2.31. The SMILES string of the molecule is NC(=O)c1cccc(COC(=O)Nc2ccc(-c3cn[nH]c3)cc2OCCCO)c1. The fourth-order valence-electron chi connectivity index (χ4n) is 2.69. The van der Waals surface area contributed by atoms with E-state index in [1.807, 2.05) is 6.07 Å². The van der Waals surface area contributed by atoms with Crippen molar-refractivity contribution in [3.05, 3.63) is 66.0 Å². The highest BCUT2D eigenvalue weighted by atomic mass is 16.5. The van der Waals surface area contributed by atoms with E-state index in [-0.39, 0.29) is 19.8 Å². The van der Waals surface area contributed by atoms with Crippen LogP contribution in [-0.4, -0.2) is 40.5 Å². The normalized spacial score (nSPS) is 10.4. The van der Waals surface area contributed by atoms with Gasteiger partial charge in [0.2, 0.25) is 5.91 Å². The van der Waals surface area contributed by atoms with Crippen LogP contribution in [0.15, 0.2) is 54.9 Å². The van der Waals surface area contributed by atoms with E-state index in [0.29, 0.717) is 29.0 Å². The molecule has 0 saturated carbocycles. The summed E-state index contributed by atoms with van der Waals surface area (Å²) >= 11 is 0. The summed E-state index contributed by atoms with van der Waals surface area (Å²) in [6.45, 7) is 0.256. The molecule has 0 unspecified atom stereocenters. The molecule has 1 heterocycles. The van der Waals surface area contributed by atoms with Crippen molar-refractivity contribution in [3.63, 3.8) is 0 Å². The van der Waals surface area contributed by atoms with Crippen molar-refractivity contribution >= 4 is 17.7 Å². The lowest BCUT2D eigenvalue weighted by molar-refractivity contribution is 0.1000. The number of rotatable bonds is 9. The van der Waals surface area contributed by atoms with Crippen LogP contribution >= 0.6 is 0 Å². The van der Waals surface area contributed by atoms with Crippen LogP contribution in [0.1, 0.15) is 22.3 Å². The zero-order valence-electron chi connectivity index (χ0n) is 16.1. The molecule has 0 bridgehead atoms. The number of nitrogens with zero attached hydrogens (tertiary/aromatic N) is 1. The number of benzene rings is 2. The highest BCUT2D eigenvalue weighted by molar-refractivity contribution is 5.93. The van der Waals surface area contributed by atoms with E-state index in [1.165, 1.54) is 0 Å². The fraction of sp³-hybridized carbons (Fsp3) is 0.190. The van der Waals surface area contributed by atoms with Crippen LogP contribution in [0.5, 0.6) is 5.75 Å². The van der Waals surface area contributed by atoms with Crippen LogP contribution in [0.3, 0.4) is 0 Å². The highest BCUT2D eigenvalue weighted by Gasteiger charge is 2.12. The quantitative estimate of drug-likeness (QED) is 0.400. The Morgan fingerprint density at radius 2 is 2.03 bits per heavy atom. The molecule has 0 aliphatic rings. The zero-order valence-corrected chi connectivity index (χ0v) is 16.1. The molecule has 30 heavy (non-hydrogen) atoms. The second-order valence-corrected chi connectivity index (χ2v) is 6.39. The third kappa shape index (κ3) is 5.58. The van der Waals surface area contributed by atoms with Gasteiger partial charge in [-0.25, -0.2) is 4.79 Å². The van der Waals surface area contributed by atoms with E-state index in [4.69, 9.17) is 20.3 Å². The number of aliphatic hydroxyl groups excluding tert-OH is 1. The van der Waals surface area contributed by atoms with Crippen molar-refractivity contribution in [1.82, 2.24) is 10.2 Å². The number of hydrogen-bond acceptors (Lipinski definition) is 6. The van der Waals surface area contributed by atoms with Gasteiger partial charge in [0.25, 0.3) is 0 Å².